The van der Waals surface area contributed by atoms with Crippen molar-refractivity contribution in [3.05, 3.63) is 45.7 Å². The number of halogens is 5. The zero-order valence-electron chi connectivity index (χ0n) is 14.1. The predicted octanol–water partition coefficient (Wildman–Crippen LogP) is 5.46. The van der Waals surface area contributed by atoms with Crippen molar-refractivity contribution in [2.24, 2.45) is 0 Å². The minimum absolute atomic E-state index is 0.193. The van der Waals surface area contributed by atoms with E-state index in [1.54, 1.807) is 18.2 Å². The molecule has 0 aliphatic heterocycles. The van der Waals surface area contributed by atoms with Crippen LogP contribution in [0.4, 0.5) is 18.9 Å². The van der Waals surface area contributed by atoms with Gasteiger partial charge in [0, 0.05) is 30.4 Å². The Morgan fingerprint density at radius 3 is 2.59 bits per heavy atom. The maximum atomic E-state index is 12.9. The van der Waals surface area contributed by atoms with E-state index in [4.69, 9.17) is 35.4 Å². The molecule has 1 heterocycles. The number of nitrogens with zero attached hydrogens (tertiary/aromatic N) is 2. The van der Waals surface area contributed by atoms with Crippen molar-refractivity contribution in [3.63, 3.8) is 0 Å². The lowest BCUT2D eigenvalue weighted by Crippen LogP contribution is -2.30. The third kappa shape index (κ3) is 5.49. The Bertz CT molecular complexity index is 834. The lowest BCUT2D eigenvalue weighted by atomic mass is 10.2. The van der Waals surface area contributed by atoms with Crippen molar-refractivity contribution in [2.45, 2.75) is 37.9 Å². The van der Waals surface area contributed by atoms with E-state index >= 15 is 0 Å². The van der Waals surface area contributed by atoms with Crippen molar-refractivity contribution >= 4 is 46.2 Å². The highest BCUT2D eigenvalue weighted by Crippen LogP contribution is 2.42. The van der Waals surface area contributed by atoms with E-state index in [1.165, 1.54) is 10.7 Å². The van der Waals surface area contributed by atoms with Gasteiger partial charge in [-0.05, 0) is 55.7 Å². The molecule has 0 saturated heterocycles. The summed E-state index contributed by atoms with van der Waals surface area (Å²) in [5, 5.41) is 11.0. The summed E-state index contributed by atoms with van der Waals surface area (Å²) in [7, 11) is 0. The number of nitrogens with one attached hydrogen (secondary N) is 2. The predicted molar refractivity (Wildman–Crippen MR) is 105 cm³/mol. The largest absolute Gasteiger partial charge is 0.435 e. The van der Waals surface area contributed by atoms with E-state index in [0.29, 0.717) is 46.0 Å². The molecule has 0 atom stereocenters. The minimum atomic E-state index is -4.42. The van der Waals surface area contributed by atoms with Gasteiger partial charge in [0.2, 0.25) is 0 Å². The quantitative estimate of drug-likeness (QED) is 0.465. The van der Waals surface area contributed by atoms with Gasteiger partial charge in [0.15, 0.2) is 10.8 Å². The summed E-state index contributed by atoms with van der Waals surface area (Å²) in [6, 6.07) is 6.22. The smallest absolute Gasteiger partial charge is 0.362 e. The third-order valence-corrected chi connectivity index (χ3v) is 5.09. The summed E-state index contributed by atoms with van der Waals surface area (Å²) in [5.74, 6) is 0.193. The van der Waals surface area contributed by atoms with Gasteiger partial charge in [-0.1, -0.05) is 23.2 Å². The van der Waals surface area contributed by atoms with Gasteiger partial charge in [0.25, 0.3) is 0 Å². The van der Waals surface area contributed by atoms with Crippen LogP contribution >= 0.6 is 35.4 Å². The standard InChI is InChI=1S/C17H17Cl2F3N4S/c18-12-5-4-11(8-13(12)19)24-16(27)23-6-1-7-26-14(10-2-3-10)9-15(25-26)17(20,21)22/h4-5,8-10H,1-3,6-7H2,(H2,23,24,27). The molecule has 4 nitrogen and oxygen atoms in total. The molecule has 0 unspecified atom stereocenters. The molecule has 1 aliphatic carbocycles. The zero-order chi connectivity index (χ0) is 19.6. The van der Waals surface area contributed by atoms with Crippen LogP contribution in [0.2, 0.25) is 10.0 Å². The van der Waals surface area contributed by atoms with Crippen LogP contribution in [0.1, 0.15) is 36.6 Å². The Hall–Kier alpha value is -1.51. The Morgan fingerprint density at radius 2 is 1.96 bits per heavy atom. The number of anilines is 1. The molecule has 3 rings (SSSR count). The summed E-state index contributed by atoms with van der Waals surface area (Å²) < 4.78 is 40.1. The number of aromatic nitrogens is 2. The maximum Gasteiger partial charge on any atom is 0.435 e. The van der Waals surface area contributed by atoms with Crippen LogP contribution in [-0.4, -0.2) is 21.4 Å². The van der Waals surface area contributed by atoms with Gasteiger partial charge in [-0.3, -0.25) is 4.68 Å². The molecule has 0 bridgehead atoms. The van der Waals surface area contributed by atoms with Gasteiger partial charge in [0.1, 0.15) is 0 Å². The second-order valence-electron chi connectivity index (χ2n) is 6.31. The fourth-order valence-electron chi connectivity index (χ4n) is 2.64. The number of aryl methyl sites for hydroxylation is 1. The first-order valence-electron chi connectivity index (χ1n) is 8.39. The van der Waals surface area contributed by atoms with Crippen LogP contribution in [0, 0.1) is 0 Å². The SMILES string of the molecule is FC(F)(F)c1cc(C2CC2)n(CCCNC(=S)Nc2ccc(Cl)c(Cl)c2)n1. The highest BCUT2D eigenvalue weighted by atomic mass is 35.5. The molecule has 0 radical (unpaired) electrons. The van der Waals surface area contributed by atoms with Crippen LogP contribution in [0.25, 0.3) is 0 Å². The maximum absolute atomic E-state index is 12.9. The number of hydrogen-bond acceptors (Lipinski definition) is 2. The number of benzene rings is 1. The first-order chi connectivity index (χ1) is 12.7. The molecule has 1 aromatic carbocycles. The summed E-state index contributed by atoms with van der Waals surface area (Å²) in [6.45, 7) is 0.892. The van der Waals surface area contributed by atoms with Crippen molar-refractivity contribution in [1.29, 1.82) is 0 Å². The molecule has 0 spiro atoms. The molecular weight excluding hydrogens is 420 g/mol. The van der Waals surface area contributed by atoms with Gasteiger partial charge < -0.3 is 10.6 Å². The summed E-state index contributed by atoms with van der Waals surface area (Å²) in [6.07, 6.45) is -2.00. The van der Waals surface area contributed by atoms with E-state index in [2.05, 4.69) is 15.7 Å². The fraction of sp³-hybridized carbons (Fsp3) is 0.412. The summed E-state index contributed by atoms with van der Waals surface area (Å²) in [5.41, 5.74) is 0.535. The minimum Gasteiger partial charge on any atom is -0.362 e. The van der Waals surface area contributed by atoms with Crippen molar-refractivity contribution in [3.8, 4) is 0 Å². The fourth-order valence-corrected chi connectivity index (χ4v) is 3.15. The third-order valence-electron chi connectivity index (χ3n) is 4.11. The highest BCUT2D eigenvalue weighted by Gasteiger charge is 2.37. The number of alkyl halides is 3. The van der Waals surface area contributed by atoms with Gasteiger partial charge >= 0.3 is 6.18 Å². The molecule has 10 heteroatoms. The first-order valence-corrected chi connectivity index (χ1v) is 9.55. The molecule has 2 N–H and O–H groups in total. The molecule has 1 aromatic heterocycles. The van der Waals surface area contributed by atoms with Crippen molar-refractivity contribution in [1.82, 2.24) is 15.1 Å². The van der Waals surface area contributed by atoms with Crippen molar-refractivity contribution in [2.75, 3.05) is 11.9 Å². The monoisotopic (exact) mass is 436 g/mol. The van der Waals surface area contributed by atoms with Crippen LogP contribution in [-0.2, 0) is 12.7 Å². The van der Waals surface area contributed by atoms with Crippen molar-refractivity contribution < 1.29 is 13.2 Å². The van der Waals surface area contributed by atoms with E-state index < -0.39 is 11.9 Å². The van der Waals surface area contributed by atoms with E-state index in [9.17, 15) is 13.2 Å². The van der Waals surface area contributed by atoms with Gasteiger partial charge in [-0.25, -0.2) is 0 Å². The first kappa shape index (κ1) is 20.2. The Morgan fingerprint density at radius 1 is 1.22 bits per heavy atom. The number of rotatable bonds is 6. The second-order valence-corrected chi connectivity index (χ2v) is 7.54. The highest BCUT2D eigenvalue weighted by molar-refractivity contribution is 7.80. The van der Waals surface area contributed by atoms with E-state index in [-0.39, 0.29) is 5.92 Å². The van der Waals surface area contributed by atoms with Gasteiger partial charge in [-0.2, -0.15) is 18.3 Å². The van der Waals surface area contributed by atoms with Gasteiger partial charge in [0.05, 0.1) is 10.0 Å². The Balaban J connectivity index is 1.49. The van der Waals surface area contributed by atoms with Crippen LogP contribution in [0.3, 0.4) is 0 Å². The lowest BCUT2D eigenvalue weighted by Gasteiger charge is -2.12. The Labute approximate surface area is 170 Å². The molecule has 2 aromatic rings. The summed E-state index contributed by atoms with van der Waals surface area (Å²) >= 11 is 17.0. The van der Waals surface area contributed by atoms with E-state index in [0.717, 1.165) is 12.8 Å². The molecule has 0 amide bonds. The van der Waals surface area contributed by atoms with Crippen LogP contribution in [0.15, 0.2) is 24.3 Å². The zero-order valence-corrected chi connectivity index (χ0v) is 16.4. The van der Waals surface area contributed by atoms with Crippen LogP contribution < -0.4 is 10.6 Å². The normalized spacial score (nSPS) is 14.3. The number of thiocarbonyl (C=S) groups is 1. The molecule has 1 fully saturated rings. The second kappa shape index (κ2) is 8.24. The molecule has 1 saturated carbocycles. The average Bonchev–Trinajstić information content (AvgIpc) is 3.33. The number of hydrogen-bond donors (Lipinski definition) is 2. The van der Waals surface area contributed by atoms with E-state index in [1.807, 2.05) is 0 Å². The molecule has 27 heavy (non-hydrogen) atoms. The summed E-state index contributed by atoms with van der Waals surface area (Å²) in [4.78, 5) is 0. The molecule has 1 aliphatic rings. The average molecular weight is 437 g/mol. The van der Waals surface area contributed by atoms with Crippen LogP contribution in [0.5, 0.6) is 0 Å². The van der Waals surface area contributed by atoms with Gasteiger partial charge in [-0.15, -0.1) is 0 Å². The lowest BCUT2D eigenvalue weighted by molar-refractivity contribution is -0.141. The molecule has 146 valence electrons. The molecular formula is C17H17Cl2F3N4S. The Kier molecular flexibility index (Phi) is 6.18. The topological polar surface area (TPSA) is 41.9 Å².